The van der Waals surface area contributed by atoms with Crippen LogP contribution in [0.4, 0.5) is 0 Å². The van der Waals surface area contributed by atoms with E-state index in [9.17, 15) is 4.79 Å². The maximum atomic E-state index is 10.8. The fraction of sp³-hybridized carbons (Fsp3) is 0.875. The van der Waals surface area contributed by atoms with Gasteiger partial charge in [0.1, 0.15) is 0 Å². The Hall–Kier alpha value is -0.570. The van der Waals surface area contributed by atoms with Crippen molar-refractivity contribution in [3.05, 3.63) is 0 Å². The maximum Gasteiger partial charge on any atom is 0.308 e. The molecule has 0 aliphatic rings. The molecule has 0 radical (unpaired) electrons. The number of carbonyl (C=O) groups is 1. The molecule has 0 saturated heterocycles. The summed E-state index contributed by atoms with van der Waals surface area (Å²) in [5.41, 5.74) is 0. The van der Waals surface area contributed by atoms with Crippen molar-refractivity contribution in [2.24, 2.45) is 5.92 Å². The zero-order chi connectivity index (χ0) is 8.85. The van der Waals surface area contributed by atoms with E-state index in [4.69, 9.17) is 5.11 Å². The molecule has 11 heavy (non-hydrogen) atoms. The van der Waals surface area contributed by atoms with Crippen molar-refractivity contribution < 1.29 is 14.6 Å². The number of aliphatic hydroxyl groups is 1. The summed E-state index contributed by atoms with van der Waals surface area (Å²) in [6.07, 6.45) is 0.786. The monoisotopic (exact) mass is 160 g/mol. The van der Waals surface area contributed by atoms with E-state index >= 15 is 0 Å². The standard InChI is InChI=1S/C8H16O3/c1-4-7(9)5-6(2)8(10)11-3/h6-7,9H,4-5H2,1-3H3/t6-,7-/m0/s1. The quantitative estimate of drug-likeness (QED) is 0.623. The molecule has 0 bridgehead atoms. The molecule has 3 nitrogen and oxygen atoms in total. The second-order valence-electron chi connectivity index (χ2n) is 2.72. The van der Waals surface area contributed by atoms with Gasteiger partial charge in [0.05, 0.1) is 19.1 Å². The first kappa shape index (κ1) is 10.4. The Morgan fingerprint density at radius 2 is 2.18 bits per heavy atom. The van der Waals surface area contributed by atoms with Crippen LogP contribution in [-0.4, -0.2) is 24.3 Å². The molecule has 66 valence electrons. The second kappa shape index (κ2) is 5.13. The molecule has 2 atom stereocenters. The van der Waals surface area contributed by atoms with Crippen molar-refractivity contribution in [2.45, 2.75) is 32.8 Å². The van der Waals surface area contributed by atoms with Crippen LogP contribution in [0.1, 0.15) is 26.7 Å². The van der Waals surface area contributed by atoms with Gasteiger partial charge in [-0.05, 0) is 12.8 Å². The van der Waals surface area contributed by atoms with Crippen LogP contribution in [-0.2, 0) is 9.53 Å². The first-order chi connectivity index (χ1) is 5.11. The van der Waals surface area contributed by atoms with E-state index in [2.05, 4.69) is 4.74 Å². The first-order valence-corrected chi connectivity index (χ1v) is 3.87. The molecular formula is C8H16O3. The highest BCUT2D eigenvalue weighted by Crippen LogP contribution is 2.09. The third kappa shape index (κ3) is 3.98. The van der Waals surface area contributed by atoms with E-state index in [0.717, 1.165) is 0 Å². The summed E-state index contributed by atoms with van der Waals surface area (Å²) in [7, 11) is 1.36. The Bertz CT molecular complexity index is 123. The third-order valence-electron chi connectivity index (χ3n) is 1.70. The minimum absolute atomic E-state index is 0.199. The molecule has 0 aliphatic carbocycles. The van der Waals surface area contributed by atoms with Gasteiger partial charge >= 0.3 is 5.97 Å². The molecule has 0 rings (SSSR count). The molecule has 0 aromatic carbocycles. The van der Waals surface area contributed by atoms with Crippen molar-refractivity contribution in [1.82, 2.24) is 0 Å². The molecule has 0 unspecified atom stereocenters. The van der Waals surface area contributed by atoms with Gasteiger partial charge in [-0.1, -0.05) is 13.8 Å². The number of rotatable bonds is 4. The average molecular weight is 160 g/mol. The lowest BCUT2D eigenvalue weighted by molar-refractivity contribution is -0.145. The number of hydrogen-bond acceptors (Lipinski definition) is 3. The van der Waals surface area contributed by atoms with Crippen LogP contribution in [0.15, 0.2) is 0 Å². The zero-order valence-corrected chi connectivity index (χ0v) is 7.33. The van der Waals surface area contributed by atoms with E-state index in [-0.39, 0.29) is 18.0 Å². The van der Waals surface area contributed by atoms with Gasteiger partial charge in [-0.3, -0.25) is 4.79 Å². The number of hydrogen-bond donors (Lipinski definition) is 1. The van der Waals surface area contributed by atoms with E-state index in [1.54, 1.807) is 6.92 Å². The van der Waals surface area contributed by atoms with Crippen LogP contribution in [0.2, 0.25) is 0 Å². The molecule has 0 heterocycles. The van der Waals surface area contributed by atoms with E-state index in [1.165, 1.54) is 7.11 Å². The SMILES string of the molecule is CC[C@H](O)C[C@H](C)C(=O)OC. The van der Waals surface area contributed by atoms with Crippen LogP contribution in [0, 0.1) is 5.92 Å². The van der Waals surface area contributed by atoms with Gasteiger partial charge in [-0.2, -0.15) is 0 Å². The van der Waals surface area contributed by atoms with Crippen LogP contribution in [0.3, 0.4) is 0 Å². The van der Waals surface area contributed by atoms with Gasteiger partial charge in [-0.15, -0.1) is 0 Å². The summed E-state index contributed by atoms with van der Waals surface area (Å²) in [6, 6.07) is 0. The lowest BCUT2D eigenvalue weighted by atomic mass is 10.0. The molecule has 0 amide bonds. The number of esters is 1. The average Bonchev–Trinajstić information content (AvgIpc) is 2.02. The third-order valence-corrected chi connectivity index (χ3v) is 1.70. The van der Waals surface area contributed by atoms with E-state index < -0.39 is 0 Å². The van der Waals surface area contributed by atoms with Gasteiger partial charge in [0.25, 0.3) is 0 Å². The normalized spacial score (nSPS) is 15.6. The lowest BCUT2D eigenvalue weighted by Gasteiger charge is -2.12. The Morgan fingerprint density at radius 3 is 2.55 bits per heavy atom. The van der Waals surface area contributed by atoms with Gasteiger partial charge in [-0.25, -0.2) is 0 Å². The topological polar surface area (TPSA) is 46.5 Å². The van der Waals surface area contributed by atoms with Crippen LogP contribution in [0.25, 0.3) is 0 Å². The Morgan fingerprint density at radius 1 is 1.64 bits per heavy atom. The minimum Gasteiger partial charge on any atom is -0.469 e. The molecule has 0 aromatic rings. The zero-order valence-electron chi connectivity index (χ0n) is 7.33. The molecule has 3 heteroatoms. The van der Waals surface area contributed by atoms with Gasteiger partial charge in [0.2, 0.25) is 0 Å². The van der Waals surface area contributed by atoms with Gasteiger partial charge < -0.3 is 9.84 Å². The highest BCUT2D eigenvalue weighted by Gasteiger charge is 2.16. The Balaban J connectivity index is 3.67. The van der Waals surface area contributed by atoms with Crippen molar-refractivity contribution >= 4 is 5.97 Å². The lowest BCUT2D eigenvalue weighted by Crippen LogP contribution is -2.19. The Kier molecular flexibility index (Phi) is 4.86. The summed E-state index contributed by atoms with van der Waals surface area (Å²) >= 11 is 0. The smallest absolute Gasteiger partial charge is 0.308 e. The summed E-state index contributed by atoms with van der Waals surface area (Å²) in [5.74, 6) is -0.451. The number of carbonyl (C=O) groups excluding carboxylic acids is 1. The number of aliphatic hydroxyl groups excluding tert-OH is 1. The molecule has 0 spiro atoms. The Labute approximate surface area is 67.4 Å². The number of methoxy groups -OCH3 is 1. The predicted molar refractivity (Wildman–Crippen MR) is 42.1 cm³/mol. The highest BCUT2D eigenvalue weighted by molar-refractivity contribution is 5.71. The van der Waals surface area contributed by atoms with Gasteiger partial charge in [0, 0.05) is 0 Å². The van der Waals surface area contributed by atoms with Gasteiger partial charge in [0.15, 0.2) is 0 Å². The van der Waals surface area contributed by atoms with E-state index in [0.29, 0.717) is 12.8 Å². The van der Waals surface area contributed by atoms with Crippen molar-refractivity contribution in [1.29, 1.82) is 0 Å². The maximum absolute atomic E-state index is 10.8. The first-order valence-electron chi connectivity index (χ1n) is 3.87. The van der Waals surface area contributed by atoms with Crippen molar-refractivity contribution in [2.75, 3.05) is 7.11 Å². The van der Waals surface area contributed by atoms with Crippen LogP contribution >= 0.6 is 0 Å². The predicted octanol–water partition coefficient (Wildman–Crippen LogP) is 0.956. The second-order valence-corrected chi connectivity index (χ2v) is 2.72. The summed E-state index contributed by atoms with van der Waals surface area (Å²) in [4.78, 5) is 10.8. The molecule has 0 saturated carbocycles. The minimum atomic E-state index is -0.385. The fourth-order valence-corrected chi connectivity index (χ4v) is 0.872. The molecule has 0 fully saturated rings. The van der Waals surface area contributed by atoms with Crippen molar-refractivity contribution in [3.8, 4) is 0 Å². The number of ether oxygens (including phenoxy) is 1. The molecule has 1 N–H and O–H groups in total. The van der Waals surface area contributed by atoms with Crippen LogP contribution < -0.4 is 0 Å². The fourth-order valence-electron chi connectivity index (χ4n) is 0.872. The van der Waals surface area contributed by atoms with E-state index in [1.807, 2.05) is 6.92 Å². The molecule has 0 aliphatic heterocycles. The molecule has 0 aromatic heterocycles. The summed E-state index contributed by atoms with van der Waals surface area (Å²) in [5, 5.41) is 9.16. The highest BCUT2D eigenvalue weighted by atomic mass is 16.5. The van der Waals surface area contributed by atoms with Crippen LogP contribution in [0.5, 0.6) is 0 Å². The largest absolute Gasteiger partial charge is 0.469 e. The molecular weight excluding hydrogens is 144 g/mol. The summed E-state index contributed by atoms with van der Waals surface area (Å²) in [6.45, 7) is 3.64. The van der Waals surface area contributed by atoms with Crippen molar-refractivity contribution in [3.63, 3.8) is 0 Å². The summed E-state index contributed by atoms with van der Waals surface area (Å²) < 4.78 is 4.51.